The minimum Gasteiger partial charge on any atom is -0.495 e. The van der Waals surface area contributed by atoms with E-state index in [4.69, 9.17) is 4.74 Å². The second-order valence-corrected chi connectivity index (χ2v) is 8.41. The van der Waals surface area contributed by atoms with Crippen molar-refractivity contribution in [2.24, 2.45) is 0 Å². The fourth-order valence-corrected chi connectivity index (χ4v) is 4.78. The molecule has 0 fully saturated rings. The lowest BCUT2D eigenvalue weighted by molar-refractivity contribution is -0.113. The van der Waals surface area contributed by atoms with E-state index >= 15 is 0 Å². The molecule has 0 unspecified atom stereocenters. The molecule has 0 atom stereocenters. The van der Waals surface area contributed by atoms with Crippen LogP contribution in [0.2, 0.25) is 0 Å². The second kappa shape index (κ2) is 8.63. The van der Waals surface area contributed by atoms with E-state index in [1.807, 2.05) is 43.3 Å². The van der Waals surface area contributed by atoms with Crippen LogP contribution in [0.4, 0.5) is 5.69 Å². The average Bonchev–Trinajstić information content (AvgIpc) is 3.18. The van der Waals surface area contributed by atoms with Gasteiger partial charge in [-0.05, 0) is 36.2 Å². The summed E-state index contributed by atoms with van der Waals surface area (Å²) in [6, 6.07) is 18.0. The summed E-state index contributed by atoms with van der Waals surface area (Å²) in [4.78, 5) is 23.3. The van der Waals surface area contributed by atoms with Crippen molar-refractivity contribution in [3.8, 4) is 16.2 Å². The summed E-state index contributed by atoms with van der Waals surface area (Å²) in [7, 11) is 1.59. The zero-order valence-corrected chi connectivity index (χ0v) is 17.6. The number of nitrogens with zero attached hydrogens (tertiary/aromatic N) is 2. The van der Waals surface area contributed by atoms with Gasteiger partial charge in [-0.15, -0.1) is 11.3 Å². The molecule has 146 valence electrons. The summed E-state index contributed by atoms with van der Waals surface area (Å²) in [5.41, 5.74) is 2.88. The van der Waals surface area contributed by atoms with Gasteiger partial charge < -0.3 is 10.1 Å². The van der Waals surface area contributed by atoms with E-state index in [-0.39, 0.29) is 11.7 Å². The number of hydrogen-bond donors (Lipinski definition) is 1. The van der Waals surface area contributed by atoms with Crippen molar-refractivity contribution >= 4 is 44.9 Å². The molecular formula is C22H19N3O2S2. The average molecular weight is 422 g/mol. The van der Waals surface area contributed by atoms with Gasteiger partial charge in [0, 0.05) is 10.3 Å². The van der Waals surface area contributed by atoms with Gasteiger partial charge in [0.1, 0.15) is 21.9 Å². The van der Waals surface area contributed by atoms with Crippen molar-refractivity contribution in [3.05, 3.63) is 66.5 Å². The molecule has 29 heavy (non-hydrogen) atoms. The number of ether oxygens (including phenoxy) is 1. The van der Waals surface area contributed by atoms with E-state index in [0.717, 1.165) is 31.2 Å². The number of aryl methyl sites for hydroxylation is 1. The number of carbonyl (C=O) groups is 1. The van der Waals surface area contributed by atoms with E-state index in [1.54, 1.807) is 24.8 Å². The molecule has 0 saturated heterocycles. The van der Waals surface area contributed by atoms with E-state index in [1.165, 1.54) is 11.8 Å². The van der Waals surface area contributed by atoms with Crippen LogP contribution in [0.15, 0.2) is 66.0 Å². The van der Waals surface area contributed by atoms with Crippen LogP contribution in [0.5, 0.6) is 5.75 Å². The van der Waals surface area contributed by atoms with Gasteiger partial charge in [-0.25, -0.2) is 9.97 Å². The Labute approximate surface area is 177 Å². The molecule has 2 aromatic heterocycles. The second-order valence-electron chi connectivity index (χ2n) is 6.41. The zero-order chi connectivity index (χ0) is 20.2. The highest BCUT2D eigenvalue weighted by Crippen LogP contribution is 2.36. The topological polar surface area (TPSA) is 64.1 Å². The summed E-state index contributed by atoms with van der Waals surface area (Å²) in [5, 5.41) is 4.71. The van der Waals surface area contributed by atoms with Crippen LogP contribution in [-0.2, 0) is 4.79 Å². The summed E-state index contributed by atoms with van der Waals surface area (Å²) < 4.78 is 5.33. The number of methoxy groups -OCH3 is 1. The molecule has 0 aliphatic heterocycles. The van der Waals surface area contributed by atoms with Crippen molar-refractivity contribution in [2.45, 2.75) is 11.9 Å². The summed E-state index contributed by atoms with van der Waals surface area (Å²) in [6.45, 7) is 1.97. The van der Waals surface area contributed by atoms with Crippen LogP contribution in [0.25, 0.3) is 20.7 Å². The molecule has 7 heteroatoms. The number of benzene rings is 2. The molecule has 0 saturated carbocycles. The number of rotatable bonds is 6. The standard InChI is InChI=1S/C22H19N3O2S2/c1-14-8-9-18(27-2)17(10-14)25-20(26)12-28-21-16-11-19(15-6-4-3-5-7-15)29-22(16)24-13-23-21/h3-11,13H,12H2,1-2H3,(H,25,26). The van der Waals surface area contributed by atoms with Gasteiger partial charge >= 0.3 is 0 Å². The van der Waals surface area contributed by atoms with Crippen molar-refractivity contribution in [2.75, 3.05) is 18.2 Å². The van der Waals surface area contributed by atoms with Crippen molar-refractivity contribution in [3.63, 3.8) is 0 Å². The Hall–Kier alpha value is -2.90. The first-order valence-electron chi connectivity index (χ1n) is 9.01. The zero-order valence-electron chi connectivity index (χ0n) is 16.0. The van der Waals surface area contributed by atoms with Gasteiger partial charge in [-0.3, -0.25) is 4.79 Å². The fraction of sp³-hybridized carbons (Fsp3) is 0.136. The van der Waals surface area contributed by atoms with Crippen molar-refractivity contribution in [1.82, 2.24) is 9.97 Å². The lowest BCUT2D eigenvalue weighted by atomic mass is 10.2. The van der Waals surface area contributed by atoms with Gasteiger partial charge in [0.2, 0.25) is 5.91 Å². The smallest absolute Gasteiger partial charge is 0.234 e. The Morgan fingerprint density at radius 2 is 1.97 bits per heavy atom. The van der Waals surface area contributed by atoms with Crippen molar-refractivity contribution in [1.29, 1.82) is 0 Å². The molecule has 2 heterocycles. The van der Waals surface area contributed by atoms with Gasteiger partial charge in [0.15, 0.2) is 0 Å². The lowest BCUT2D eigenvalue weighted by Gasteiger charge is -2.11. The number of amides is 1. The van der Waals surface area contributed by atoms with Crippen LogP contribution in [0.3, 0.4) is 0 Å². The monoisotopic (exact) mass is 421 g/mol. The minimum atomic E-state index is -0.107. The lowest BCUT2D eigenvalue weighted by Crippen LogP contribution is -2.15. The van der Waals surface area contributed by atoms with E-state index in [0.29, 0.717) is 11.4 Å². The Kier molecular flexibility index (Phi) is 5.78. The molecule has 2 aromatic carbocycles. The number of nitrogens with one attached hydrogen (secondary N) is 1. The predicted octanol–water partition coefficient (Wildman–Crippen LogP) is 5.41. The molecule has 0 aliphatic rings. The molecule has 4 rings (SSSR count). The van der Waals surface area contributed by atoms with E-state index in [9.17, 15) is 4.79 Å². The number of aromatic nitrogens is 2. The van der Waals surface area contributed by atoms with Gasteiger partial charge in [-0.2, -0.15) is 0 Å². The molecule has 0 aliphatic carbocycles. The number of thiophene rings is 1. The molecule has 1 amide bonds. The summed E-state index contributed by atoms with van der Waals surface area (Å²) >= 11 is 3.03. The number of hydrogen-bond acceptors (Lipinski definition) is 6. The largest absolute Gasteiger partial charge is 0.495 e. The maximum Gasteiger partial charge on any atom is 0.234 e. The maximum atomic E-state index is 12.5. The molecule has 1 N–H and O–H groups in total. The first-order chi connectivity index (χ1) is 14.1. The van der Waals surface area contributed by atoms with Crippen molar-refractivity contribution < 1.29 is 9.53 Å². The summed E-state index contributed by atoms with van der Waals surface area (Å²) in [6.07, 6.45) is 1.55. The van der Waals surface area contributed by atoms with Gasteiger partial charge in [-0.1, -0.05) is 48.2 Å². The third kappa shape index (κ3) is 4.41. The molecule has 0 bridgehead atoms. The van der Waals surface area contributed by atoms with E-state index in [2.05, 4.69) is 33.5 Å². The third-order valence-electron chi connectivity index (χ3n) is 4.32. The van der Waals surface area contributed by atoms with Crippen LogP contribution in [-0.4, -0.2) is 28.7 Å². The molecule has 4 aromatic rings. The highest BCUT2D eigenvalue weighted by molar-refractivity contribution is 8.00. The quantitative estimate of drug-likeness (QED) is 0.333. The molecule has 0 radical (unpaired) electrons. The Morgan fingerprint density at radius 1 is 1.14 bits per heavy atom. The molecule has 5 nitrogen and oxygen atoms in total. The third-order valence-corrected chi connectivity index (χ3v) is 6.42. The van der Waals surface area contributed by atoms with Gasteiger partial charge in [0.25, 0.3) is 0 Å². The number of thioether (sulfide) groups is 1. The van der Waals surface area contributed by atoms with Crippen LogP contribution < -0.4 is 10.1 Å². The Bertz CT molecular complexity index is 1160. The SMILES string of the molecule is COc1ccc(C)cc1NC(=O)CSc1ncnc2sc(-c3ccccc3)cc12. The highest BCUT2D eigenvalue weighted by Gasteiger charge is 2.13. The van der Waals surface area contributed by atoms with Crippen LogP contribution in [0, 0.1) is 6.92 Å². The number of carbonyl (C=O) groups excluding carboxylic acids is 1. The Balaban J connectivity index is 1.50. The van der Waals surface area contributed by atoms with Gasteiger partial charge in [0.05, 0.1) is 18.6 Å². The summed E-state index contributed by atoms with van der Waals surface area (Å²) in [5.74, 6) is 0.785. The Morgan fingerprint density at radius 3 is 2.76 bits per heavy atom. The minimum absolute atomic E-state index is 0.107. The first-order valence-corrected chi connectivity index (χ1v) is 10.8. The van der Waals surface area contributed by atoms with Crippen LogP contribution in [0.1, 0.15) is 5.56 Å². The highest BCUT2D eigenvalue weighted by atomic mass is 32.2. The van der Waals surface area contributed by atoms with E-state index < -0.39 is 0 Å². The predicted molar refractivity (Wildman–Crippen MR) is 120 cm³/mol. The number of fused-ring (bicyclic) bond motifs is 1. The maximum absolute atomic E-state index is 12.5. The van der Waals surface area contributed by atoms with Crippen LogP contribution >= 0.6 is 23.1 Å². The number of anilines is 1. The molecular weight excluding hydrogens is 402 g/mol. The fourth-order valence-electron chi connectivity index (χ4n) is 2.93. The molecule has 0 spiro atoms. The normalized spacial score (nSPS) is 10.8. The first kappa shape index (κ1) is 19.4.